The van der Waals surface area contributed by atoms with E-state index in [1.54, 1.807) is 0 Å². The Morgan fingerprint density at radius 1 is 1.00 bits per heavy atom. The first kappa shape index (κ1) is 7.64. The molecule has 46 valence electrons. The van der Waals surface area contributed by atoms with Crippen molar-refractivity contribution in [1.29, 1.82) is 0 Å². The third-order valence-corrected chi connectivity index (χ3v) is 0.816. The van der Waals surface area contributed by atoms with Crippen LogP contribution in [0.3, 0.4) is 0 Å². The molecule has 0 aromatic heterocycles. The number of nitrogens with one attached hydrogen (secondary N) is 2. The van der Waals surface area contributed by atoms with Gasteiger partial charge in [0.1, 0.15) is 0 Å². The second-order valence-electron chi connectivity index (χ2n) is 0.882. The number of amides is 2. The van der Waals surface area contributed by atoms with Crippen LogP contribution >= 0.6 is 25.6 Å². The molecule has 0 heterocycles. The number of carbonyl (C=O) groups excluding carboxylic acids is 2. The fraction of sp³-hybridized carbons (Fsp3) is 0. The number of hydrogen-bond donors (Lipinski definition) is 4. The SMILES string of the molecule is O=C(NS)C(=O)NS. The van der Waals surface area contributed by atoms with E-state index in [9.17, 15) is 9.59 Å². The van der Waals surface area contributed by atoms with Crippen molar-refractivity contribution in [1.82, 2.24) is 9.44 Å². The van der Waals surface area contributed by atoms with E-state index in [0.29, 0.717) is 0 Å². The second-order valence-corrected chi connectivity index (χ2v) is 1.33. The van der Waals surface area contributed by atoms with Crippen molar-refractivity contribution in [2.75, 3.05) is 0 Å². The Balaban J connectivity index is 3.64. The van der Waals surface area contributed by atoms with Gasteiger partial charge in [-0.1, -0.05) is 25.6 Å². The van der Waals surface area contributed by atoms with E-state index >= 15 is 0 Å². The zero-order valence-electron chi connectivity index (χ0n) is 3.71. The van der Waals surface area contributed by atoms with Crippen molar-refractivity contribution < 1.29 is 9.59 Å². The maximum absolute atomic E-state index is 10.1. The van der Waals surface area contributed by atoms with Gasteiger partial charge in [0.15, 0.2) is 0 Å². The van der Waals surface area contributed by atoms with Gasteiger partial charge < -0.3 is 0 Å². The van der Waals surface area contributed by atoms with Crippen molar-refractivity contribution in [3.63, 3.8) is 0 Å². The molecule has 0 aliphatic carbocycles. The zero-order valence-corrected chi connectivity index (χ0v) is 5.50. The largest absolute Gasteiger partial charge is 0.319 e. The molecule has 6 heteroatoms. The van der Waals surface area contributed by atoms with Crippen LogP contribution < -0.4 is 9.44 Å². The standard InChI is InChI=1S/C2H4N2O2S2/c5-1(3-7)2(6)4-8/h7-8H,(H,3,5)(H,4,6). The average molecular weight is 152 g/mol. The highest BCUT2D eigenvalue weighted by atomic mass is 32.1. The smallest absolute Gasteiger partial charge is 0.294 e. The minimum Gasteiger partial charge on any atom is -0.294 e. The molecule has 0 rings (SSSR count). The minimum absolute atomic E-state index is 0.830. The van der Waals surface area contributed by atoms with Gasteiger partial charge in [0, 0.05) is 0 Å². The number of carbonyl (C=O) groups is 2. The molecular formula is C2H4N2O2S2. The van der Waals surface area contributed by atoms with Gasteiger partial charge in [-0.25, -0.2) is 0 Å². The monoisotopic (exact) mass is 152 g/mol. The van der Waals surface area contributed by atoms with Gasteiger partial charge in [-0.3, -0.25) is 19.0 Å². The van der Waals surface area contributed by atoms with Gasteiger partial charge in [0.25, 0.3) is 0 Å². The van der Waals surface area contributed by atoms with E-state index in [2.05, 4.69) is 25.6 Å². The van der Waals surface area contributed by atoms with Crippen LogP contribution in [0.2, 0.25) is 0 Å². The number of rotatable bonds is 0. The number of thiol groups is 2. The normalized spacial score (nSPS) is 7.75. The van der Waals surface area contributed by atoms with Crippen molar-refractivity contribution in [3.05, 3.63) is 0 Å². The third kappa shape index (κ3) is 2.08. The predicted molar refractivity (Wildman–Crippen MR) is 34.3 cm³/mol. The molecule has 2 amide bonds. The van der Waals surface area contributed by atoms with Crippen LogP contribution in [0.5, 0.6) is 0 Å². The first-order chi connectivity index (χ1) is 3.72. The Labute approximate surface area is 57.1 Å². The summed E-state index contributed by atoms with van der Waals surface area (Å²) in [5, 5.41) is 0. The van der Waals surface area contributed by atoms with Gasteiger partial charge in [0.2, 0.25) is 0 Å². The fourth-order valence-electron chi connectivity index (χ4n) is 0.102. The second kappa shape index (κ2) is 3.62. The molecule has 0 bridgehead atoms. The quantitative estimate of drug-likeness (QED) is 0.263. The van der Waals surface area contributed by atoms with Gasteiger partial charge in [-0.2, -0.15) is 0 Å². The van der Waals surface area contributed by atoms with E-state index < -0.39 is 11.8 Å². The Kier molecular flexibility index (Phi) is 3.46. The van der Waals surface area contributed by atoms with E-state index in [4.69, 9.17) is 0 Å². The average Bonchev–Trinajstić information content (AvgIpc) is 1.84. The summed E-state index contributed by atoms with van der Waals surface area (Å²) in [7, 11) is 0. The molecule has 2 N–H and O–H groups in total. The highest BCUT2D eigenvalue weighted by Crippen LogP contribution is 1.69. The van der Waals surface area contributed by atoms with Crippen LogP contribution in [-0.2, 0) is 9.59 Å². The van der Waals surface area contributed by atoms with Crippen LogP contribution in [-0.4, -0.2) is 11.8 Å². The Morgan fingerprint density at radius 2 is 1.25 bits per heavy atom. The summed E-state index contributed by atoms with van der Waals surface area (Å²) in [5.74, 6) is -1.66. The number of hydrogen-bond acceptors (Lipinski definition) is 4. The molecule has 0 aromatic carbocycles. The summed E-state index contributed by atoms with van der Waals surface area (Å²) >= 11 is 6.63. The zero-order chi connectivity index (χ0) is 6.57. The van der Waals surface area contributed by atoms with E-state index in [1.807, 2.05) is 9.44 Å². The summed E-state index contributed by atoms with van der Waals surface area (Å²) in [6, 6.07) is 0. The van der Waals surface area contributed by atoms with Crippen LogP contribution in [0.4, 0.5) is 0 Å². The third-order valence-electron chi connectivity index (χ3n) is 0.409. The van der Waals surface area contributed by atoms with Crippen molar-refractivity contribution in [3.8, 4) is 0 Å². The highest BCUT2D eigenvalue weighted by Gasteiger charge is 2.07. The highest BCUT2D eigenvalue weighted by molar-refractivity contribution is 7.79. The lowest BCUT2D eigenvalue weighted by atomic mass is 10.6. The lowest BCUT2D eigenvalue weighted by molar-refractivity contribution is -0.136. The molecule has 0 fully saturated rings. The van der Waals surface area contributed by atoms with Crippen LogP contribution in [0.15, 0.2) is 0 Å². The molecule has 8 heavy (non-hydrogen) atoms. The van der Waals surface area contributed by atoms with Gasteiger partial charge in [0.05, 0.1) is 0 Å². The molecule has 0 saturated carbocycles. The molecule has 0 spiro atoms. The molecule has 0 saturated heterocycles. The maximum atomic E-state index is 10.1. The molecule has 0 aliphatic heterocycles. The minimum atomic E-state index is -0.830. The summed E-state index contributed by atoms with van der Waals surface area (Å²) in [4.78, 5) is 20.2. The van der Waals surface area contributed by atoms with Crippen LogP contribution in [0, 0.1) is 0 Å². The van der Waals surface area contributed by atoms with Gasteiger partial charge in [-0.05, 0) is 0 Å². The lowest BCUT2D eigenvalue weighted by Gasteiger charge is -1.91. The predicted octanol–water partition coefficient (Wildman–Crippen LogP) is -1.09. The van der Waals surface area contributed by atoms with E-state index in [0.717, 1.165) is 0 Å². The fourth-order valence-corrected chi connectivity index (χ4v) is 0.305. The summed E-state index contributed by atoms with van der Waals surface area (Å²) in [6.45, 7) is 0. The van der Waals surface area contributed by atoms with Gasteiger partial charge >= 0.3 is 11.8 Å². The molecule has 0 aromatic rings. The molecule has 0 radical (unpaired) electrons. The van der Waals surface area contributed by atoms with Gasteiger partial charge in [-0.15, -0.1) is 0 Å². The summed E-state index contributed by atoms with van der Waals surface area (Å²) in [6.07, 6.45) is 0. The summed E-state index contributed by atoms with van der Waals surface area (Å²) < 4.78 is 3.62. The van der Waals surface area contributed by atoms with Crippen molar-refractivity contribution in [2.24, 2.45) is 0 Å². The Hall–Kier alpha value is -0.360. The van der Waals surface area contributed by atoms with Crippen LogP contribution in [0.1, 0.15) is 0 Å². The van der Waals surface area contributed by atoms with Crippen molar-refractivity contribution in [2.45, 2.75) is 0 Å². The van der Waals surface area contributed by atoms with E-state index in [1.165, 1.54) is 0 Å². The van der Waals surface area contributed by atoms with Crippen molar-refractivity contribution >= 4 is 37.4 Å². The summed E-state index contributed by atoms with van der Waals surface area (Å²) in [5.41, 5.74) is 0. The Bertz CT molecular complexity index is 101. The molecule has 0 unspecified atom stereocenters. The van der Waals surface area contributed by atoms with Crippen LogP contribution in [0.25, 0.3) is 0 Å². The Morgan fingerprint density at radius 3 is 1.38 bits per heavy atom. The molecule has 0 atom stereocenters. The first-order valence-corrected chi connectivity index (χ1v) is 2.50. The topological polar surface area (TPSA) is 58.2 Å². The molecule has 0 aliphatic rings. The first-order valence-electron chi connectivity index (χ1n) is 1.61. The molecular weight excluding hydrogens is 148 g/mol. The lowest BCUT2D eigenvalue weighted by Crippen LogP contribution is -2.30. The molecule has 4 nitrogen and oxygen atoms in total. The maximum Gasteiger partial charge on any atom is 0.319 e. The van der Waals surface area contributed by atoms with E-state index in [-0.39, 0.29) is 0 Å².